The maximum atomic E-state index is 2.49. The molecule has 0 amide bonds. The van der Waals surface area contributed by atoms with Crippen LogP contribution in [0.3, 0.4) is 0 Å². The van der Waals surface area contributed by atoms with Gasteiger partial charge in [-0.1, -0.05) is 0 Å². The Morgan fingerprint density at radius 3 is 1.40 bits per heavy atom. The summed E-state index contributed by atoms with van der Waals surface area (Å²) >= 11 is 3.79. The van der Waals surface area contributed by atoms with E-state index in [1.807, 2.05) is 22.7 Å². The molecule has 0 aliphatic heterocycles. The SMILES string of the molecule is c1cc2c(s1)-c1cc3c(cc1C2)-c1cc2c(cc1C3)-c1sccc1C2. The summed E-state index contributed by atoms with van der Waals surface area (Å²) in [6.07, 6.45) is 3.31. The maximum Gasteiger partial charge on any atom is 0.0381 e. The Balaban J connectivity index is 1.43. The third-order valence-corrected chi connectivity index (χ3v) is 8.05. The highest BCUT2D eigenvalue weighted by Crippen LogP contribution is 2.49. The lowest BCUT2D eigenvalue weighted by atomic mass is 9.97. The smallest absolute Gasteiger partial charge is 0.0381 e. The van der Waals surface area contributed by atoms with E-state index >= 15 is 0 Å². The van der Waals surface area contributed by atoms with Gasteiger partial charge in [-0.2, -0.15) is 0 Å². The highest BCUT2D eigenvalue weighted by atomic mass is 32.1. The molecule has 2 aromatic heterocycles. The van der Waals surface area contributed by atoms with E-state index < -0.39 is 0 Å². The van der Waals surface area contributed by atoms with Gasteiger partial charge in [-0.3, -0.25) is 0 Å². The Hall–Kier alpha value is -2.16. The molecule has 3 aliphatic rings. The van der Waals surface area contributed by atoms with Gasteiger partial charge in [0, 0.05) is 9.75 Å². The minimum atomic E-state index is 1.09. The molecule has 2 aromatic carbocycles. The van der Waals surface area contributed by atoms with Crippen LogP contribution in [0.5, 0.6) is 0 Å². The number of rotatable bonds is 0. The van der Waals surface area contributed by atoms with Gasteiger partial charge in [0.15, 0.2) is 0 Å². The molecule has 0 N–H and O–H groups in total. The van der Waals surface area contributed by atoms with Gasteiger partial charge >= 0.3 is 0 Å². The van der Waals surface area contributed by atoms with E-state index in [1.165, 1.54) is 65.4 Å². The normalized spacial score (nSPS) is 14.7. The summed E-state index contributed by atoms with van der Waals surface area (Å²) in [7, 11) is 0. The second kappa shape index (κ2) is 4.32. The fraction of sp³-hybridized carbons (Fsp3) is 0.130. The first kappa shape index (κ1) is 13.1. The zero-order chi connectivity index (χ0) is 16.1. The lowest BCUT2D eigenvalue weighted by molar-refractivity contribution is 1.23. The Bertz CT molecular complexity index is 1120. The van der Waals surface area contributed by atoms with Crippen molar-refractivity contribution < 1.29 is 0 Å². The summed E-state index contributed by atoms with van der Waals surface area (Å²) in [6.45, 7) is 0. The summed E-state index contributed by atoms with van der Waals surface area (Å²) in [5.74, 6) is 0. The average Bonchev–Trinajstić information content (AvgIpc) is 3.37. The predicted octanol–water partition coefficient (Wildman–Crippen LogP) is 6.52. The van der Waals surface area contributed by atoms with Crippen molar-refractivity contribution in [1.29, 1.82) is 0 Å². The molecule has 3 aliphatic carbocycles. The lowest BCUT2D eigenvalue weighted by Gasteiger charge is -2.08. The van der Waals surface area contributed by atoms with Crippen molar-refractivity contribution in [2.24, 2.45) is 0 Å². The third kappa shape index (κ3) is 1.58. The van der Waals surface area contributed by atoms with Crippen LogP contribution in [-0.4, -0.2) is 0 Å². The number of hydrogen-bond acceptors (Lipinski definition) is 2. The largest absolute Gasteiger partial charge is 0.144 e. The van der Waals surface area contributed by atoms with Crippen molar-refractivity contribution in [2.75, 3.05) is 0 Å². The van der Waals surface area contributed by atoms with Gasteiger partial charge in [-0.05, 0) is 122 Å². The van der Waals surface area contributed by atoms with Gasteiger partial charge in [-0.25, -0.2) is 0 Å². The molecule has 0 spiro atoms. The van der Waals surface area contributed by atoms with Crippen LogP contribution in [-0.2, 0) is 19.3 Å². The van der Waals surface area contributed by atoms with E-state index in [1.54, 1.807) is 0 Å². The minimum Gasteiger partial charge on any atom is -0.144 e. The second-order valence-electron chi connectivity index (χ2n) is 7.41. The molecular formula is C23H14S2. The van der Waals surface area contributed by atoms with E-state index in [0.717, 1.165) is 19.3 Å². The molecule has 0 nitrogen and oxygen atoms in total. The zero-order valence-corrected chi connectivity index (χ0v) is 15.2. The summed E-state index contributed by atoms with van der Waals surface area (Å²) < 4.78 is 0. The van der Waals surface area contributed by atoms with E-state index in [0.29, 0.717) is 0 Å². The monoisotopic (exact) mass is 354 g/mol. The Kier molecular flexibility index (Phi) is 2.27. The highest BCUT2D eigenvalue weighted by molar-refractivity contribution is 7.14. The van der Waals surface area contributed by atoms with Crippen LogP contribution in [0.15, 0.2) is 47.2 Å². The molecule has 0 saturated heterocycles. The van der Waals surface area contributed by atoms with Gasteiger partial charge in [0.1, 0.15) is 0 Å². The fourth-order valence-corrected chi connectivity index (χ4v) is 6.88. The van der Waals surface area contributed by atoms with E-state index in [-0.39, 0.29) is 0 Å². The summed E-state index contributed by atoms with van der Waals surface area (Å²) in [5, 5.41) is 4.47. The number of thiophene rings is 2. The Morgan fingerprint density at radius 1 is 0.480 bits per heavy atom. The topological polar surface area (TPSA) is 0 Å². The van der Waals surface area contributed by atoms with Crippen molar-refractivity contribution in [3.05, 3.63) is 80.5 Å². The Labute approximate surface area is 154 Å². The van der Waals surface area contributed by atoms with Crippen molar-refractivity contribution in [3.8, 4) is 32.0 Å². The van der Waals surface area contributed by atoms with Gasteiger partial charge in [-0.15, -0.1) is 22.7 Å². The van der Waals surface area contributed by atoms with Crippen molar-refractivity contribution in [3.63, 3.8) is 0 Å². The molecule has 0 unspecified atom stereocenters. The summed E-state index contributed by atoms with van der Waals surface area (Å²) in [4.78, 5) is 3.00. The molecule has 2 heterocycles. The first-order valence-electron chi connectivity index (χ1n) is 8.80. The number of hydrogen-bond donors (Lipinski definition) is 0. The van der Waals surface area contributed by atoms with Crippen LogP contribution >= 0.6 is 22.7 Å². The third-order valence-electron chi connectivity index (χ3n) is 6.07. The first-order chi connectivity index (χ1) is 12.3. The van der Waals surface area contributed by atoms with Crippen LogP contribution in [0.25, 0.3) is 32.0 Å². The zero-order valence-electron chi connectivity index (χ0n) is 13.6. The van der Waals surface area contributed by atoms with E-state index in [9.17, 15) is 0 Å². The average molecular weight is 354 g/mol. The molecule has 0 bridgehead atoms. The number of benzene rings is 2. The van der Waals surface area contributed by atoms with E-state index in [2.05, 4.69) is 47.2 Å². The van der Waals surface area contributed by atoms with Crippen molar-refractivity contribution >= 4 is 22.7 Å². The van der Waals surface area contributed by atoms with Crippen LogP contribution in [0.2, 0.25) is 0 Å². The molecular weight excluding hydrogens is 340 g/mol. The maximum absolute atomic E-state index is 2.49. The van der Waals surface area contributed by atoms with Gasteiger partial charge in [0.25, 0.3) is 0 Å². The summed E-state index contributed by atoms with van der Waals surface area (Å²) in [5.41, 5.74) is 15.1. The quantitative estimate of drug-likeness (QED) is 0.291. The fourth-order valence-electron chi connectivity index (χ4n) is 4.93. The molecule has 0 fully saturated rings. The predicted molar refractivity (Wildman–Crippen MR) is 107 cm³/mol. The molecule has 25 heavy (non-hydrogen) atoms. The van der Waals surface area contributed by atoms with E-state index in [4.69, 9.17) is 0 Å². The molecule has 4 aromatic rings. The lowest BCUT2D eigenvalue weighted by Crippen LogP contribution is -1.87. The van der Waals surface area contributed by atoms with Gasteiger partial charge in [0.05, 0.1) is 0 Å². The molecule has 0 atom stereocenters. The van der Waals surface area contributed by atoms with Crippen LogP contribution < -0.4 is 0 Å². The molecule has 0 saturated carbocycles. The van der Waals surface area contributed by atoms with Crippen LogP contribution in [0.1, 0.15) is 33.4 Å². The van der Waals surface area contributed by atoms with Crippen molar-refractivity contribution in [2.45, 2.75) is 19.3 Å². The highest BCUT2D eigenvalue weighted by Gasteiger charge is 2.28. The van der Waals surface area contributed by atoms with Crippen molar-refractivity contribution in [1.82, 2.24) is 0 Å². The van der Waals surface area contributed by atoms with Gasteiger partial charge < -0.3 is 0 Å². The van der Waals surface area contributed by atoms with Crippen LogP contribution in [0.4, 0.5) is 0 Å². The first-order valence-corrected chi connectivity index (χ1v) is 10.6. The molecule has 0 radical (unpaired) electrons. The van der Waals surface area contributed by atoms with Crippen LogP contribution in [0, 0.1) is 0 Å². The standard InChI is InChI=1S/C23H14S2/c1-3-24-22-12(1)5-16-8-18-14(10-20(16)22)7-15-11-21-17(9-19(15)18)6-13-2-4-25-23(13)21/h1-4,8-11H,5-7H2. The molecule has 2 heteroatoms. The second-order valence-corrected chi connectivity index (χ2v) is 9.25. The molecule has 7 rings (SSSR count). The summed E-state index contributed by atoms with van der Waals surface area (Å²) in [6, 6.07) is 14.5. The molecule has 118 valence electrons. The number of fused-ring (bicyclic) bond motifs is 9. The van der Waals surface area contributed by atoms with Gasteiger partial charge in [0.2, 0.25) is 0 Å². The minimum absolute atomic E-state index is 1.09. The Morgan fingerprint density at radius 2 is 0.880 bits per heavy atom.